The normalized spacial score (nSPS) is 21.3. The van der Waals surface area contributed by atoms with Gasteiger partial charge >= 0.3 is 5.97 Å². The highest BCUT2D eigenvalue weighted by Gasteiger charge is 2.48. The molecule has 1 saturated carbocycles. The number of carboxylic acid groups (broad SMARTS) is 1. The smallest absolute Gasteiger partial charge is 0.307 e. The number of anilines is 1. The number of carbonyl (C=O) groups is 2. The summed E-state index contributed by atoms with van der Waals surface area (Å²) in [4.78, 5) is 22.6. The maximum atomic E-state index is 11.8. The van der Waals surface area contributed by atoms with Crippen molar-refractivity contribution in [1.82, 2.24) is 0 Å². The van der Waals surface area contributed by atoms with E-state index in [1.807, 2.05) is 25.1 Å². The van der Waals surface area contributed by atoms with Crippen LogP contribution in [0.25, 0.3) is 0 Å². The van der Waals surface area contributed by atoms with Crippen LogP contribution in [0.2, 0.25) is 0 Å². The van der Waals surface area contributed by atoms with E-state index in [0.717, 1.165) is 11.3 Å². The number of hydrogen-bond acceptors (Lipinski definition) is 2. The van der Waals surface area contributed by atoms with E-state index >= 15 is 0 Å². The third-order valence-corrected chi connectivity index (χ3v) is 3.60. The first kappa shape index (κ1) is 13.6. The molecule has 0 heterocycles. The van der Waals surface area contributed by atoms with Gasteiger partial charge in [-0.05, 0) is 42.5 Å². The molecule has 1 aliphatic rings. The lowest BCUT2D eigenvalue weighted by Gasteiger charge is -2.12. The quantitative estimate of drug-likeness (QED) is 0.875. The van der Waals surface area contributed by atoms with E-state index in [-0.39, 0.29) is 11.8 Å². The first-order valence-electron chi connectivity index (χ1n) is 6.54. The molecule has 2 N–H and O–H groups in total. The first-order valence-corrected chi connectivity index (χ1v) is 6.54. The monoisotopic (exact) mass is 261 g/mol. The molecule has 4 nitrogen and oxygen atoms in total. The molecule has 0 aromatic heterocycles. The second kappa shape index (κ2) is 5.03. The predicted octanol–water partition coefficient (Wildman–Crippen LogP) is 2.78. The third kappa shape index (κ3) is 2.95. The van der Waals surface area contributed by atoms with Crippen LogP contribution < -0.4 is 5.32 Å². The number of hydrogen-bond donors (Lipinski definition) is 2. The summed E-state index contributed by atoms with van der Waals surface area (Å²) in [5.41, 5.74) is 3.13. The van der Waals surface area contributed by atoms with Crippen LogP contribution in [0.3, 0.4) is 0 Å². The van der Waals surface area contributed by atoms with Gasteiger partial charge in [0, 0.05) is 5.69 Å². The minimum atomic E-state index is -0.883. The minimum Gasteiger partial charge on any atom is -0.481 e. The van der Waals surface area contributed by atoms with E-state index in [1.54, 1.807) is 0 Å². The van der Waals surface area contributed by atoms with Crippen molar-refractivity contribution in [1.29, 1.82) is 0 Å². The molecule has 0 unspecified atom stereocenters. The second-order valence-corrected chi connectivity index (χ2v) is 5.50. The number of benzene rings is 1. The van der Waals surface area contributed by atoms with Crippen molar-refractivity contribution in [3.8, 4) is 0 Å². The van der Waals surface area contributed by atoms with E-state index in [4.69, 9.17) is 5.11 Å². The van der Waals surface area contributed by atoms with Crippen LogP contribution in [0.1, 0.15) is 37.3 Å². The Morgan fingerprint density at radius 1 is 1.32 bits per heavy atom. The van der Waals surface area contributed by atoms with Gasteiger partial charge in [0.15, 0.2) is 0 Å². The van der Waals surface area contributed by atoms with Gasteiger partial charge in [0.05, 0.1) is 11.8 Å². The minimum absolute atomic E-state index is 0.191. The molecule has 2 rings (SSSR count). The maximum Gasteiger partial charge on any atom is 0.307 e. The molecule has 0 spiro atoms. The summed E-state index contributed by atoms with van der Waals surface area (Å²) in [6.07, 6.45) is 0.449. The third-order valence-electron chi connectivity index (χ3n) is 3.60. The van der Waals surface area contributed by atoms with Gasteiger partial charge in [-0.2, -0.15) is 0 Å². The summed E-state index contributed by atoms with van der Waals surface area (Å²) in [6.45, 7) is 6.27. The summed E-state index contributed by atoms with van der Waals surface area (Å²) in [6, 6.07) is 5.82. The molecule has 1 amide bonds. The van der Waals surface area contributed by atoms with E-state index < -0.39 is 11.9 Å². The Bertz CT molecular complexity index is 522. The van der Waals surface area contributed by atoms with E-state index in [1.165, 1.54) is 5.56 Å². The van der Waals surface area contributed by atoms with Crippen molar-refractivity contribution in [2.75, 3.05) is 5.32 Å². The Morgan fingerprint density at radius 3 is 2.47 bits per heavy atom. The van der Waals surface area contributed by atoms with Crippen LogP contribution in [0.5, 0.6) is 0 Å². The van der Waals surface area contributed by atoms with Crippen molar-refractivity contribution in [2.45, 2.75) is 33.1 Å². The van der Waals surface area contributed by atoms with Crippen LogP contribution >= 0.6 is 0 Å². The van der Waals surface area contributed by atoms with Gasteiger partial charge < -0.3 is 10.4 Å². The molecule has 1 fully saturated rings. The molecule has 0 saturated heterocycles. The molecular weight excluding hydrogens is 242 g/mol. The highest BCUT2D eigenvalue weighted by molar-refractivity contribution is 5.98. The molecule has 4 heteroatoms. The van der Waals surface area contributed by atoms with Gasteiger partial charge in [-0.3, -0.25) is 9.59 Å². The predicted molar refractivity (Wildman–Crippen MR) is 73.1 cm³/mol. The average Bonchev–Trinajstić information content (AvgIpc) is 3.08. The fourth-order valence-corrected chi connectivity index (χ4v) is 2.39. The number of carbonyl (C=O) groups excluding carboxylic acids is 1. The molecule has 1 aromatic carbocycles. The number of aliphatic carboxylic acids is 1. The molecule has 2 atom stereocenters. The molecule has 1 aliphatic carbocycles. The topological polar surface area (TPSA) is 66.4 Å². The summed E-state index contributed by atoms with van der Waals surface area (Å²) in [7, 11) is 0. The van der Waals surface area contributed by atoms with Gasteiger partial charge in [0.25, 0.3) is 0 Å². The highest BCUT2D eigenvalue weighted by Crippen LogP contribution is 2.39. The standard InChI is InChI=1S/C15H19NO3/c1-8(2)11-5-4-10(6-9(11)3)16-14(17)12-7-13(12)15(18)19/h4-6,8,12-13H,7H2,1-3H3,(H,16,17)(H,18,19)/t12-,13-/m1/s1. The van der Waals surface area contributed by atoms with Crippen molar-refractivity contribution < 1.29 is 14.7 Å². The highest BCUT2D eigenvalue weighted by atomic mass is 16.4. The molecule has 0 aliphatic heterocycles. The van der Waals surface area contributed by atoms with Gasteiger partial charge in [-0.15, -0.1) is 0 Å². The zero-order valence-electron chi connectivity index (χ0n) is 11.4. The van der Waals surface area contributed by atoms with E-state index in [9.17, 15) is 9.59 Å². The fraction of sp³-hybridized carbons (Fsp3) is 0.467. The lowest BCUT2D eigenvalue weighted by molar-refractivity contribution is -0.139. The molecule has 0 radical (unpaired) electrons. The van der Waals surface area contributed by atoms with Crippen LogP contribution in [-0.2, 0) is 9.59 Å². The Kier molecular flexibility index (Phi) is 3.60. The number of carboxylic acids is 1. The SMILES string of the molecule is Cc1cc(NC(=O)[C@@H]2C[C@H]2C(=O)O)ccc1C(C)C. The van der Waals surface area contributed by atoms with Gasteiger partial charge in [0.2, 0.25) is 5.91 Å². The molecular formula is C15H19NO3. The Labute approximate surface area is 112 Å². The van der Waals surface area contributed by atoms with Crippen LogP contribution in [0.15, 0.2) is 18.2 Å². The Morgan fingerprint density at radius 2 is 2.00 bits per heavy atom. The van der Waals surface area contributed by atoms with Crippen LogP contribution in [0, 0.1) is 18.8 Å². The first-order chi connectivity index (χ1) is 8.90. The van der Waals surface area contributed by atoms with Crippen molar-refractivity contribution in [3.05, 3.63) is 29.3 Å². The van der Waals surface area contributed by atoms with Crippen molar-refractivity contribution >= 4 is 17.6 Å². The van der Waals surface area contributed by atoms with Gasteiger partial charge in [-0.25, -0.2) is 0 Å². The lowest BCUT2D eigenvalue weighted by atomic mass is 9.97. The molecule has 0 bridgehead atoms. The summed E-state index contributed by atoms with van der Waals surface area (Å²) in [5.74, 6) is -1.50. The van der Waals surface area contributed by atoms with E-state index in [0.29, 0.717) is 12.3 Å². The number of aryl methyl sites for hydroxylation is 1. The molecule has 19 heavy (non-hydrogen) atoms. The zero-order chi connectivity index (χ0) is 14.2. The average molecular weight is 261 g/mol. The van der Waals surface area contributed by atoms with E-state index in [2.05, 4.69) is 19.2 Å². The number of rotatable bonds is 4. The largest absolute Gasteiger partial charge is 0.481 e. The van der Waals surface area contributed by atoms with Crippen LogP contribution in [-0.4, -0.2) is 17.0 Å². The summed E-state index contributed by atoms with van der Waals surface area (Å²) < 4.78 is 0. The Balaban J connectivity index is 2.02. The number of amides is 1. The summed E-state index contributed by atoms with van der Waals surface area (Å²) >= 11 is 0. The second-order valence-electron chi connectivity index (χ2n) is 5.50. The maximum absolute atomic E-state index is 11.8. The van der Waals surface area contributed by atoms with Gasteiger partial charge in [-0.1, -0.05) is 19.9 Å². The zero-order valence-corrected chi connectivity index (χ0v) is 11.4. The van der Waals surface area contributed by atoms with Gasteiger partial charge in [0.1, 0.15) is 0 Å². The summed E-state index contributed by atoms with van der Waals surface area (Å²) in [5, 5.41) is 11.6. The van der Waals surface area contributed by atoms with Crippen LogP contribution in [0.4, 0.5) is 5.69 Å². The number of nitrogens with one attached hydrogen (secondary N) is 1. The molecule has 1 aromatic rings. The van der Waals surface area contributed by atoms with Crippen molar-refractivity contribution in [2.24, 2.45) is 11.8 Å². The Hall–Kier alpha value is -1.84. The fourth-order valence-electron chi connectivity index (χ4n) is 2.39. The van der Waals surface area contributed by atoms with Crippen molar-refractivity contribution in [3.63, 3.8) is 0 Å². The lowest BCUT2D eigenvalue weighted by Crippen LogP contribution is -2.17. The molecule has 102 valence electrons.